The molecule has 0 radical (unpaired) electrons. The molecule has 1 fully saturated rings. The number of amides is 1. The number of carbonyl (C=O) groups excluding carboxylic acids is 1. The van der Waals surface area contributed by atoms with E-state index < -0.39 is 17.6 Å². The van der Waals surface area contributed by atoms with E-state index in [0.717, 1.165) is 12.8 Å². The number of carboxylic acids is 1. The molecule has 0 aromatic heterocycles. The van der Waals surface area contributed by atoms with Crippen molar-refractivity contribution in [3.8, 4) is 0 Å². The molecular weight excluding hydrogens is 294 g/mol. The zero-order valence-corrected chi connectivity index (χ0v) is 13.3. The lowest BCUT2D eigenvalue weighted by molar-refractivity contribution is -0.158. The maximum absolute atomic E-state index is 12.7. The number of hydrogen-bond donors (Lipinski definition) is 3. The smallest absolute Gasteiger partial charge is 0.334 e. The zero-order valence-electron chi connectivity index (χ0n) is 13.3. The fraction of sp³-hybridized carbons (Fsp3) is 0.529. The molecule has 1 aliphatic rings. The summed E-state index contributed by atoms with van der Waals surface area (Å²) in [4.78, 5) is 26.3. The Morgan fingerprint density at radius 3 is 2.57 bits per heavy atom. The Labute approximate surface area is 136 Å². The summed E-state index contributed by atoms with van der Waals surface area (Å²) in [6, 6.07) is 8.27. The van der Waals surface area contributed by atoms with Gasteiger partial charge in [-0.3, -0.25) is 4.79 Å². The van der Waals surface area contributed by atoms with Gasteiger partial charge in [0.1, 0.15) is 0 Å². The summed E-state index contributed by atoms with van der Waals surface area (Å²) in [5.74, 6) is -1.28. The maximum atomic E-state index is 12.7. The van der Waals surface area contributed by atoms with Crippen LogP contribution in [0.15, 0.2) is 30.3 Å². The fourth-order valence-corrected chi connectivity index (χ4v) is 3.31. The van der Waals surface area contributed by atoms with Crippen LogP contribution in [0.3, 0.4) is 0 Å². The van der Waals surface area contributed by atoms with Crippen LogP contribution >= 0.6 is 0 Å². The van der Waals surface area contributed by atoms with E-state index in [1.807, 2.05) is 6.07 Å². The summed E-state index contributed by atoms with van der Waals surface area (Å²) in [5.41, 5.74) is 10.8. The molecule has 1 saturated heterocycles. The fourth-order valence-electron chi connectivity index (χ4n) is 3.31. The van der Waals surface area contributed by atoms with Gasteiger partial charge in [-0.05, 0) is 37.8 Å². The van der Waals surface area contributed by atoms with Crippen molar-refractivity contribution in [3.63, 3.8) is 0 Å². The molecule has 23 heavy (non-hydrogen) atoms. The van der Waals surface area contributed by atoms with Crippen molar-refractivity contribution in [2.24, 2.45) is 11.5 Å². The van der Waals surface area contributed by atoms with E-state index in [1.54, 1.807) is 24.3 Å². The van der Waals surface area contributed by atoms with E-state index in [9.17, 15) is 14.7 Å². The quantitative estimate of drug-likeness (QED) is 0.651. The lowest BCUT2D eigenvalue weighted by atomic mass is 9.86. The van der Waals surface area contributed by atoms with Gasteiger partial charge >= 0.3 is 5.97 Å². The second kappa shape index (κ2) is 7.57. The zero-order chi connectivity index (χ0) is 16.9. The Morgan fingerprint density at radius 1 is 1.26 bits per heavy atom. The third-order valence-corrected chi connectivity index (χ3v) is 4.54. The first-order valence-electron chi connectivity index (χ1n) is 8.10. The van der Waals surface area contributed by atoms with Crippen LogP contribution in [0.2, 0.25) is 0 Å². The molecule has 6 nitrogen and oxygen atoms in total. The van der Waals surface area contributed by atoms with Gasteiger partial charge in [-0.25, -0.2) is 4.79 Å². The van der Waals surface area contributed by atoms with Gasteiger partial charge in [0.25, 0.3) is 0 Å². The highest BCUT2D eigenvalue weighted by molar-refractivity contribution is 5.91. The van der Waals surface area contributed by atoms with E-state index >= 15 is 0 Å². The Hall–Kier alpha value is -1.92. The van der Waals surface area contributed by atoms with Crippen molar-refractivity contribution in [1.82, 2.24) is 4.90 Å². The van der Waals surface area contributed by atoms with Crippen molar-refractivity contribution in [1.29, 1.82) is 0 Å². The number of aliphatic carboxylic acids is 1. The Kier molecular flexibility index (Phi) is 5.74. The minimum atomic E-state index is -1.30. The summed E-state index contributed by atoms with van der Waals surface area (Å²) >= 11 is 0. The van der Waals surface area contributed by atoms with Gasteiger partial charge in [0, 0.05) is 6.54 Å². The molecular formula is C17H25N3O3. The van der Waals surface area contributed by atoms with Crippen LogP contribution in [0.25, 0.3) is 0 Å². The summed E-state index contributed by atoms with van der Waals surface area (Å²) in [6.07, 6.45) is 3.17. The first kappa shape index (κ1) is 17.4. The van der Waals surface area contributed by atoms with Gasteiger partial charge in [0.15, 0.2) is 5.54 Å². The number of carboxylic acid groups (broad SMARTS) is 1. The Bertz CT molecular complexity index is 549. The summed E-state index contributed by atoms with van der Waals surface area (Å²) in [6.45, 7) is 0.984. The monoisotopic (exact) mass is 319 g/mol. The van der Waals surface area contributed by atoms with Crippen LogP contribution in [-0.4, -0.2) is 41.0 Å². The lowest BCUT2D eigenvalue weighted by Gasteiger charge is -2.36. The molecule has 1 amide bonds. The first-order chi connectivity index (χ1) is 11.0. The van der Waals surface area contributed by atoms with Gasteiger partial charge in [0.2, 0.25) is 5.91 Å². The number of rotatable bonds is 7. The van der Waals surface area contributed by atoms with Crippen molar-refractivity contribution in [2.45, 2.75) is 43.7 Å². The number of nitrogens with zero attached hydrogens (tertiary/aromatic N) is 1. The summed E-state index contributed by atoms with van der Waals surface area (Å²) < 4.78 is 0. The highest BCUT2D eigenvalue weighted by Crippen LogP contribution is 2.39. The van der Waals surface area contributed by atoms with Crippen LogP contribution < -0.4 is 11.5 Å². The third-order valence-electron chi connectivity index (χ3n) is 4.54. The van der Waals surface area contributed by atoms with Crippen LogP contribution in [0.4, 0.5) is 0 Å². The van der Waals surface area contributed by atoms with Crippen LogP contribution in [0.1, 0.15) is 37.7 Å². The minimum absolute atomic E-state index is 0.286. The number of likely N-dealkylation sites (tertiary alicyclic amines) is 1. The highest BCUT2D eigenvalue weighted by atomic mass is 16.4. The van der Waals surface area contributed by atoms with Crippen LogP contribution in [0, 0.1) is 0 Å². The van der Waals surface area contributed by atoms with Gasteiger partial charge in [0.05, 0.1) is 6.04 Å². The molecule has 6 heteroatoms. The normalized spacial score (nSPS) is 22.1. The molecule has 0 unspecified atom stereocenters. The van der Waals surface area contributed by atoms with E-state index in [2.05, 4.69) is 0 Å². The van der Waals surface area contributed by atoms with Gasteiger partial charge in [-0.2, -0.15) is 0 Å². The Morgan fingerprint density at radius 2 is 1.96 bits per heavy atom. The molecule has 5 N–H and O–H groups in total. The molecule has 1 heterocycles. The standard InChI is InChI=1S/C17H25N3O3/c18-11-5-4-9-14(19)15(21)20-12-6-10-17(20,16(22)23)13-7-2-1-3-8-13/h1-3,7-8,14H,4-6,9-12,18-19H2,(H,22,23)/t14-,17+/m0/s1. The Balaban J connectivity index is 2.25. The number of benzene rings is 1. The van der Waals surface area contributed by atoms with Crippen LogP contribution in [-0.2, 0) is 15.1 Å². The maximum Gasteiger partial charge on any atom is 0.334 e. The number of hydrogen-bond acceptors (Lipinski definition) is 4. The minimum Gasteiger partial charge on any atom is -0.479 e. The van der Waals surface area contributed by atoms with Gasteiger partial charge in [-0.15, -0.1) is 0 Å². The van der Waals surface area contributed by atoms with E-state index in [4.69, 9.17) is 11.5 Å². The third kappa shape index (κ3) is 3.38. The molecule has 0 aliphatic carbocycles. The van der Waals surface area contributed by atoms with Crippen molar-refractivity contribution >= 4 is 11.9 Å². The number of carbonyl (C=O) groups is 2. The van der Waals surface area contributed by atoms with Crippen LogP contribution in [0.5, 0.6) is 0 Å². The van der Waals surface area contributed by atoms with E-state index in [-0.39, 0.29) is 5.91 Å². The largest absolute Gasteiger partial charge is 0.479 e. The number of unbranched alkanes of at least 4 members (excludes halogenated alkanes) is 1. The molecule has 1 aromatic rings. The van der Waals surface area contributed by atoms with Gasteiger partial charge < -0.3 is 21.5 Å². The van der Waals surface area contributed by atoms with Crippen molar-refractivity contribution < 1.29 is 14.7 Å². The summed E-state index contributed by atoms with van der Waals surface area (Å²) in [7, 11) is 0. The highest BCUT2D eigenvalue weighted by Gasteiger charge is 2.51. The van der Waals surface area contributed by atoms with Crippen molar-refractivity contribution in [3.05, 3.63) is 35.9 Å². The van der Waals surface area contributed by atoms with E-state index in [1.165, 1.54) is 4.90 Å². The second-order valence-electron chi connectivity index (χ2n) is 6.02. The molecule has 1 aromatic carbocycles. The average molecular weight is 319 g/mol. The molecule has 126 valence electrons. The van der Waals surface area contributed by atoms with Crippen molar-refractivity contribution in [2.75, 3.05) is 13.1 Å². The van der Waals surface area contributed by atoms with E-state index in [0.29, 0.717) is 37.9 Å². The lowest BCUT2D eigenvalue weighted by Crippen LogP contribution is -2.55. The molecule has 2 rings (SSSR count). The molecule has 0 saturated carbocycles. The predicted molar refractivity (Wildman–Crippen MR) is 87.6 cm³/mol. The molecule has 0 spiro atoms. The molecule has 0 bridgehead atoms. The average Bonchev–Trinajstić information content (AvgIpc) is 3.01. The predicted octanol–water partition coefficient (Wildman–Crippen LogP) is 1.05. The number of nitrogens with two attached hydrogens (primary N) is 2. The molecule has 2 atom stereocenters. The second-order valence-corrected chi connectivity index (χ2v) is 6.02. The molecule has 1 aliphatic heterocycles. The van der Waals surface area contributed by atoms with Gasteiger partial charge in [-0.1, -0.05) is 36.8 Å². The first-order valence-corrected chi connectivity index (χ1v) is 8.10. The SMILES string of the molecule is NCCCC[C@H](N)C(=O)N1CCC[C@]1(C(=O)O)c1ccccc1. The topological polar surface area (TPSA) is 110 Å². The summed E-state index contributed by atoms with van der Waals surface area (Å²) in [5, 5.41) is 9.88.